The van der Waals surface area contributed by atoms with Gasteiger partial charge in [-0.15, -0.1) is 11.3 Å². The Balaban J connectivity index is 1.79. The van der Waals surface area contributed by atoms with Crippen molar-refractivity contribution in [2.75, 3.05) is 6.54 Å². The molecule has 0 spiro atoms. The molecule has 0 bridgehead atoms. The molecule has 0 atom stereocenters. The number of thiazole rings is 1. The van der Waals surface area contributed by atoms with Crippen LogP contribution in [0.2, 0.25) is 0 Å². The molecule has 0 aliphatic carbocycles. The first-order valence-corrected chi connectivity index (χ1v) is 8.36. The molecule has 0 saturated heterocycles. The SMILES string of the molecule is CC(C)(C)c1nc(CN=C(N)NCCc2ccccc2)cs1. The number of aromatic nitrogens is 1. The Morgan fingerprint density at radius 1 is 1.27 bits per heavy atom. The Hall–Kier alpha value is -1.88. The Labute approximate surface area is 136 Å². The predicted octanol–water partition coefficient (Wildman–Crippen LogP) is 3.09. The summed E-state index contributed by atoms with van der Waals surface area (Å²) in [4.78, 5) is 8.96. The van der Waals surface area contributed by atoms with Crippen LogP contribution in [0.3, 0.4) is 0 Å². The number of benzene rings is 1. The molecule has 0 radical (unpaired) electrons. The molecule has 2 rings (SSSR count). The van der Waals surface area contributed by atoms with Gasteiger partial charge in [-0.2, -0.15) is 0 Å². The first kappa shape index (κ1) is 16.5. The Morgan fingerprint density at radius 3 is 2.64 bits per heavy atom. The topological polar surface area (TPSA) is 63.3 Å². The highest BCUT2D eigenvalue weighted by Gasteiger charge is 2.17. The van der Waals surface area contributed by atoms with Crippen LogP contribution in [-0.2, 0) is 18.4 Å². The standard InChI is InChI=1S/C17H24N4S/c1-17(2,3)15-21-14(12-22-15)11-20-16(18)19-10-9-13-7-5-4-6-8-13/h4-8,12H,9-11H2,1-3H3,(H3,18,19,20). The smallest absolute Gasteiger partial charge is 0.188 e. The lowest BCUT2D eigenvalue weighted by atomic mass is 9.98. The summed E-state index contributed by atoms with van der Waals surface area (Å²) in [7, 11) is 0. The highest BCUT2D eigenvalue weighted by atomic mass is 32.1. The minimum atomic E-state index is 0.0894. The lowest BCUT2D eigenvalue weighted by Gasteiger charge is -2.13. The molecule has 118 valence electrons. The minimum absolute atomic E-state index is 0.0894. The van der Waals surface area contributed by atoms with Crippen molar-refractivity contribution in [1.82, 2.24) is 10.3 Å². The molecule has 4 nitrogen and oxygen atoms in total. The summed E-state index contributed by atoms with van der Waals surface area (Å²) >= 11 is 1.68. The largest absolute Gasteiger partial charge is 0.370 e. The number of hydrogen-bond acceptors (Lipinski definition) is 3. The Morgan fingerprint density at radius 2 is 2.00 bits per heavy atom. The fraction of sp³-hybridized carbons (Fsp3) is 0.412. The van der Waals surface area contributed by atoms with E-state index < -0.39 is 0 Å². The molecular weight excluding hydrogens is 292 g/mol. The first-order chi connectivity index (χ1) is 10.4. The molecule has 5 heteroatoms. The van der Waals surface area contributed by atoms with Crippen molar-refractivity contribution in [3.8, 4) is 0 Å². The van der Waals surface area contributed by atoms with E-state index in [0.717, 1.165) is 23.7 Å². The molecule has 0 amide bonds. The maximum absolute atomic E-state index is 5.89. The third kappa shape index (κ3) is 5.15. The molecule has 1 heterocycles. The van der Waals surface area contributed by atoms with Crippen LogP contribution in [0.4, 0.5) is 0 Å². The second-order valence-corrected chi connectivity index (χ2v) is 7.12. The Kier molecular flexibility index (Phi) is 5.55. The van der Waals surface area contributed by atoms with Crippen LogP contribution < -0.4 is 11.1 Å². The number of nitrogens with zero attached hydrogens (tertiary/aromatic N) is 2. The number of hydrogen-bond donors (Lipinski definition) is 2. The minimum Gasteiger partial charge on any atom is -0.370 e. The van der Waals surface area contributed by atoms with Gasteiger partial charge in [-0.3, -0.25) is 0 Å². The van der Waals surface area contributed by atoms with E-state index in [1.807, 2.05) is 18.2 Å². The summed E-state index contributed by atoms with van der Waals surface area (Å²) < 4.78 is 0. The summed E-state index contributed by atoms with van der Waals surface area (Å²) in [5, 5.41) is 6.33. The van der Waals surface area contributed by atoms with Crippen molar-refractivity contribution in [2.45, 2.75) is 39.2 Å². The first-order valence-electron chi connectivity index (χ1n) is 7.48. The van der Waals surface area contributed by atoms with Crippen molar-refractivity contribution in [3.63, 3.8) is 0 Å². The summed E-state index contributed by atoms with van der Waals surface area (Å²) in [6.45, 7) is 7.80. The molecule has 2 aromatic rings. The van der Waals surface area contributed by atoms with Crippen LogP contribution >= 0.6 is 11.3 Å². The van der Waals surface area contributed by atoms with Crippen molar-refractivity contribution in [2.24, 2.45) is 10.7 Å². The molecule has 3 N–H and O–H groups in total. The summed E-state index contributed by atoms with van der Waals surface area (Å²) in [6, 6.07) is 10.3. The summed E-state index contributed by atoms with van der Waals surface area (Å²) in [6.07, 6.45) is 0.932. The third-order valence-corrected chi connectivity index (χ3v) is 4.48. The number of aliphatic imine (C=N–C) groups is 1. The average molecular weight is 316 g/mol. The molecule has 0 unspecified atom stereocenters. The maximum atomic E-state index is 5.89. The molecule has 1 aromatic heterocycles. The van der Waals surface area contributed by atoms with E-state index in [1.54, 1.807) is 11.3 Å². The van der Waals surface area contributed by atoms with Gasteiger partial charge in [0.1, 0.15) is 0 Å². The molecule has 0 fully saturated rings. The van der Waals surface area contributed by atoms with Crippen molar-refractivity contribution < 1.29 is 0 Å². The van der Waals surface area contributed by atoms with Gasteiger partial charge in [-0.1, -0.05) is 51.1 Å². The highest BCUT2D eigenvalue weighted by Crippen LogP contribution is 2.25. The van der Waals surface area contributed by atoms with Crippen LogP contribution in [0, 0.1) is 0 Å². The number of guanidine groups is 1. The second kappa shape index (κ2) is 7.40. The lowest BCUT2D eigenvalue weighted by molar-refractivity contribution is 0.583. The van der Waals surface area contributed by atoms with Crippen molar-refractivity contribution in [3.05, 3.63) is 52.0 Å². The summed E-state index contributed by atoms with van der Waals surface area (Å²) in [5.41, 5.74) is 8.25. The van der Waals surface area contributed by atoms with Gasteiger partial charge in [0.25, 0.3) is 0 Å². The van der Waals surface area contributed by atoms with Crippen LogP contribution in [0.25, 0.3) is 0 Å². The lowest BCUT2D eigenvalue weighted by Crippen LogP contribution is -2.33. The monoisotopic (exact) mass is 316 g/mol. The normalized spacial score (nSPS) is 12.4. The van der Waals surface area contributed by atoms with Crippen molar-refractivity contribution >= 4 is 17.3 Å². The van der Waals surface area contributed by atoms with Crippen LogP contribution in [0.5, 0.6) is 0 Å². The Bertz CT molecular complexity index is 611. The van der Waals surface area contributed by atoms with Crippen LogP contribution in [-0.4, -0.2) is 17.5 Å². The van der Waals surface area contributed by atoms with E-state index in [0.29, 0.717) is 12.5 Å². The fourth-order valence-corrected chi connectivity index (χ4v) is 2.82. The van der Waals surface area contributed by atoms with E-state index >= 15 is 0 Å². The second-order valence-electron chi connectivity index (χ2n) is 6.26. The highest BCUT2D eigenvalue weighted by molar-refractivity contribution is 7.09. The quantitative estimate of drug-likeness (QED) is 0.658. The van der Waals surface area contributed by atoms with Gasteiger partial charge in [0.15, 0.2) is 5.96 Å². The fourth-order valence-electron chi connectivity index (χ4n) is 1.93. The van der Waals surface area contributed by atoms with Crippen LogP contribution in [0.15, 0.2) is 40.7 Å². The maximum Gasteiger partial charge on any atom is 0.188 e. The number of rotatable bonds is 5. The van der Waals surface area contributed by atoms with Gasteiger partial charge < -0.3 is 11.1 Å². The zero-order valence-corrected chi connectivity index (χ0v) is 14.3. The zero-order chi connectivity index (χ0) is 16.0. The van der Waals surface area contributed by atoms with Gasteiger partial charge >= 0.3 is 0 Å². The van der Waals surface area contributed by atoms with E-state index in [9.17, 15) is 0 Å². The van der Waals surface area contributed by atoms with Crippen molar-refractivity contribution in [1.29, 1.82) is 0 Å². The number of nitrogens with two attached hydrogens (primary N) is 1. The van der Waals surface area contributed by atoms with Gasteiger partial charge in [0, 0.05) is 17.3 Å². The average Bonchev–Trinajstić information content (AvgIpc) is 2.95. The molecule has 22 heavy (non-hydrogen) atoms. The van der Waals surface area contributed by atoms with Gasteiger partial charge in [-0.25, -0.2) is 9.98 Å². The van der Waals surface area contributed by atoms with Gasteiger partial charge in [-0.05, 0) is 12.0 Å². The van der Waals surface area contributed by atoms with Gasteiger partial charge in [0.2, 0.25) is 0 Å². The van der Waals surface area contributed by atoms with E-state index in [2.05, 4.69) is 53.6 Å². The number of nitrogens with one attached hydrogen (secondary N) is 1. The third-order valence-electron chi connectivity index (χ3n) is 3.17. The molecule has 0 aliphatic heterocycles. The van der Waals surface area contributed by atoms with Crippen LogP contribution in [0.1, 0.15) is 37.0 Å². The molecular formula is C17H24N4S. The molecule has 1 aromatic carbocycles. The molecule has 0 saturated carbocycles. The predicted molar refractivity (Wildman–Crippen MR) is 94.3 cm³/mol. The summed E-state index contributed by atoms with van der Waals surface area (Å²) in [5.74, 6) is 0.473. The zero-order valence-electron chi connectivity index (χ0n) is 13.5. The van der Waals surface area contributed by atoms with E-state index in [1.165, 1.54) is 5.56 Å². The van der Waals surface area contributed by atoms with Gasteiger partial charge in [0.05, 0.1) is 17.2 Å². The van der Waals surface area contributed by atoms with E-state index in [4.69, 9.17) is 5.73 Å². The molecule has 0 aliphatic rings. The van der Waals surface area contributed by atoms with E-state index in [-0.39, 0.29) is 5.41 Å².